The minimum absolute atomic E-state index is 0.0598. The summed E-state index contributed by atoms with van der Waals surface area (Å²) in [6.07, 6.45) is -2.32. The van der Waals surface area contributed by atoms with Crippen molar-refractivity contribution in [3.8, 4) is 11.1 Å². The number of hydrogen-bond acceptors (Lipinski definition) is 5. The normalized spacial score (nSPS) is 13.8. The summed E-state index contributed by atoms with van der Waals surface area (Å²) in [5.74, 6) is 0.830. The molecule has 8 nitrogen and oxygen atoms in total. The Morgan fingerprint density at radius 2 is 1.76 bits per heavy atom. The molecule has 4 N–H and O–H groups in total. The van der Waals surface area contributed by atoms with E-state index in [4.69, 9.17) is 10.7 Å². The predicted octanol–water partition coefficient (Wildman–Crippen LogP) is 5.82. The van der Waals surface area contributed by atoms with Crippen LogP contribution >= 0.6 is 0 Å². The molecule has 0 unspecified atom stereocenters. The van der Waals surface area contributed by atoms with Gasteiger partial charge in [-0.15, -0.1) is 0 Å². The molecular weight excluding hydrogens is 495 g/mol. The van der Waals surface area contributed by atoms with Crippen LogP contribution in [0.5, 0.6) is 0 Å². The summed E-state index contributed by atoms with van der Waals surface area (Å²) in [4.78, 5) is 19.2. The number of rotatable bonds is 6. The van der Waals surface area contributed by atoms with E-state index in [2.05, 4.69) is 15.7 Å². The standard InChI is InChI=1S/C27H28F3N7O/c1-36(2)14-15-10-18(27(28,29)30)12-20(11-15)33-26(38)32-19-8-6-16(7-9-19)21-13-22(17-4-5-17)34-25-23(21)24(31)35-37(25)3/h6-13,17H,4-5,14H2,1-3H3,(H2,31,35)(H2,32,33,38). The Balaban J connectivity index is 1.36. The SMILES string of the molecule is CN(C)Cc1cc(NC(=O)Nc2ccc(-c3cc(C4CC4)nc4c3c(N)nn4C)cc2)cc(C(F)(F)F)c1. The van der Waals surface area contributed by atoms with Gasteiger partial charge in [-0.1, -0.05) is 12.1 Å². The maximum atomic E-state index is 13.4. The van der Waals surface area contributed by atoms with Crippen molar-refractivity contribution in [2.45, 2.75) is 31.5 Å². The molecule has 0 spiro atoms. The number of hydrogen-bond donors (Lipinski definition) is 3. The van der Waals surface area contributed by atoms with Gasteiger partial charge in [0.05, 0.1) is 10.9 Å². The van der Waals surface area contributed by atoms with Gasteiger partial charge in [0.15, 0.2) is 11.5 Å². The highest BCUT2D eigenvalue weighted by atomic mass is 19.4. The predicted molar refractivity (Wildman–Crippen MR) is 142 cm³/mol. The lowest BCUT2D eigenvalue weighted by atomic mass is 10.0. The van der Waals surface area contributed by atoms with Crippen molar-refractivity contribution in [3.63, 3.8) is 0 Å². The summed E-state index contributed by atoms with van der Waals surface area (Å²) in [7, 11) is 5.33. The number of anilines is 3. The second-order valence-corrected chi connectivity index (χ2v) is 9.89. The van der Waals surface area contributed by atoms with E-state index >= 15 is 0 Å². The van der Waals surface area contributed by atoms with E-state index in [1.807, 2.05) is 25.2 Å². The largest absolute Gasteiger partial charge is 0.416 e. The van der Waals surface area contributed by atoms with E-state index in [-0.39, 0.29) is 5.69 Å². The molecule has 2 aromatic carbocycles. The molecule has 0 radical (unpaired) electrons. The van der Waals surface area contributed by atoms with E-state index in [9.17, 15) is 18.0 Å². The van der Waals surface area contributed by atoms with Crippen molar-refractivity contribution in [1.29, 1.82) is 0 Å². The molecule has 198 valence electrons. The number of halogens is 3. The highest BCUT2D eigenvalue weighted by molar-refractivity contribution is 6.02. The first kappa shape index (κ1) is 25.5. The Labute approximate surface area is 217 Å². The van der Waals surface area contributed by atoms with Gasteiger partial charge in [0, 0.05) is 36.6 Å². The zero-order chi connectivity index (χ0) is 27.2. The number of carbonyl (C=O) groups excluding carboxylic acids is 1. The topological polar surface area (TPSA) is 101 Å². The molecule has 1 fully saturated rings. The molecule has 11 heteroatoms. The van der Waals surface area contributed by atoms with Gasteiger partial charge >= 0.3 is 12.2 Å². The molecule has 0 aliphatic heterocycles. The van der Waals surface area contributed by atoms with Crippen molar-refractivity contribution in [3.05, 3.63) is 65.4 Å². The van der Waals surface area contributed by atoms with Gasteiger partial charge in [0.1, 0.15) is 0 Å². The average Bonchev–Trinajstić information content (AvgIpc) is 3.64. The number of nitrogen functional groups attached to an aromatic ring is 1. The Kier molecular flexibility index (Phi) is 6.47. The van der Waals surface area contributed by atoms with Gasteiger partial charge in [0.25, 0.3) is 0 Å². The van der Waals surface area contributed by atoms with Crippen molar-refractivity contribution in [1.82, 2.24) is 19.7 Å². The van der Waals surface area contributed by atoms with Crippen LogP contribution in [0.2, 0.25) is 0 Å². The summed E-state index contributed by atoms with van der Waals surface area (Å²) in [6.45, 7) is 0.299. The third-order valence-electron chi connectivity index (χ3n) is 6.37. The average molecular weight is 524 g/mol. The molecule has 0 bridgehead atoms. The highest BCUT2D eigenvalue weighted by Gasteiger charge is 2.31. The van der Waals surface area contributed by atoms with Gasteiger partial charge in [-0.05, 0) is 80.0 Å². The quantitative estimate of drug-likeness (QED) is 0.296. The van der Waals surface area contributed by atoms with Crippen LogP contribution in [-0.4, -0.2) is 39.8 Å². The molecule has 2 aromatic heterocycles. The van der Waals surface area contributed by atoms with E-state index in [1.54, 1.807) is 35.8 Å². The molecule has 0 atom stereocenters. The van der Waals surface area contributed by atoms with Crippen LogP contribution in [0, 0.1) is 0 Å². The number of nitrogens with two attached hydrogens (primary N) is 1. The third-order valence-corrected chi connectivity index (χ3v) is 6.37. The number of amides is 2. The lowest BCUT2D eigenvalue weighted by Gasteiger charge is -2.16. The number of carbonyl (C=O) groups is 1. The zero-order valence-corrected chi connectivity index (χ0v) is 21.2. The molecule has 2 heterocycles. The summed E-state index contributed by atoms with van der Waals surface area (Å²) in [5.41, 5.74) is 9.88. The van der Waals surface area contributed by atoms with Crippen LogP contribution in [0.3, 0.4) is 0 Å². The Morgan fingerprint density at radius 1 is 1.08 bits per heavy atom. The zero-order valence-electron chi connectivity index (χ0n) is 21.2. The minimum Gasteiger partial charge on any atom is -0.382 e. The van der Waals surface area contributed by atoms with Crippen LogP contribution in [0.25, 0.3) is 22.2 Å². The first-order valence-electron chi connectivity index (χ1n) is 12.2. The Hall–Kier alpha value is -4.12. The van der Waals surface area contributed by atoms with Crippen molar-refractivity contribution >= 4 is 34.3 Å². The van der Waals surface area contributed by atoms with Crippen molar-refractivity contribution in [2.24, 2.45) is 7.05 Å². The van der Waals surface area contributed by atoms with E-state index in [1.165, 1.54) is 6.07 Å². The third kappa shape index (κ3) is 5.42. The number of aryl methyl sites for hydroxylation is 1. The number of pyridine rings is 1. The van der Waals surface area contributed by atoms with Crippen molar-refractivity contribution < 1.29 is 18.0 Å². The molecule has 38 heavy (non-hydrogen) atoms. The van der Waals surface area contributed by atoms with Gasteiger partial charge in [0.2, 0.25) is 0 Å². The second kappa shape index (κ2) is 9.64. The molecule has 1 saturated carbocycles. The Morgan fingerprint density at radius 3 is 2.39 bits per heavy atom. The smallest absolute Gasteiger partial charge is 0.382 e. The lowest BCUT2D eigenvalue weighted by molar-refractivity contribution is -0.137. The maximum Gasteiger partial charge on any atom is 0.416 e. The van der Waals surface area contributed by atoms with Crippen LogP contribution in [-0.2, 0) is 19.8 Å². The molecule has 5 rings (SSSR count). The molecule has 4 aromatic rings. The number of alkyl halides is 3. The highest BCUT2D eigenvalue weighted by Crippen LogP contribution is 2.42. The fourth-order valence-electron chi connectivity index (χ4n) is 4.52. The number of nitrogens with one attached hydrogen (secondary N) is 2. The van der Waals surface area contributed by atoms with E-state index in [0.717, 1.165) is 52.8 Å². The van der Waals surface area contributed by atoms with Gasteiger partial charge in [-0.3, -0.25) is 0 Å². The summed E-state index contributed by atoms with van der Waals surface area (Å²) < 4.78 is 41.8. The summed E-state index contributed by atoms with van der Waals surface area (Å²) in [6, 6.07) is 12.1. The van der Waals surface area contributed by atoms with Crippen LogP contribution < -0.4 is 16.4 Å². The van der Waals surface area contributed by atoms with Crippen LogP contribution in [0.4, 0.5) is 35.2 Å². The summed E-state index contributed by atoms with van der Waals surface area (Å²) in [5, 5.41) is 10.3. The minimum atomic E-state index is -4.53. The summed E-state index contributed by atoms with van der Waals surface area (Å²) >= 11 is 0. The number of nitrogens with zero attached hydrogens (tertiary/aromatic N) is 4. The number of benzene rings is 2. The van der Waals surface area contributed by atoms with Gasteiger partial charge in [-0.25, -0.2) is 14.5 Å². The maximum absolute atomic E-state index is 13.4. The number of aromatic nitrogens is 3. The van der Waals surface area contributed by atoms with E-state index < -0.39 is 17.8 Å². The molecule has 1 aliphatic carbocycles. The lowest BCUT2D eigenvalue weighted by Crippen LogP contribution is -2.20. The van der Waals surface area contributed by atoms with Crippen LogP contribution in [0.15, 0.2) is 48.5 Å². The number of fused-ring (bicyclic) bond motifs is 1. The molecule has 1 aliphatic rings. The Bertz CT molecular complexity index is 1510. The molecule has 2 amide bonds. The first-order chi connectivity index (χ1) is 18.0. The second-order valence-electron chi connectivity index (χ2n) is 9.89. The van der Waals surface area contributed by atoms with E-state index in [0.29, 0.717) is 29.5 Å². The van der Waals surface area contributed by atoms with Gasteiger partial charge in [-0.2, -0.15) is 18.3 Å². The molecule has 0 saturated heterocycles. The van der Waals surface area contributed by atoms with Gasteiger partial charge < -0.3 is 21.3 Å². The molecular formula is C27H28F3N7O. The monoisotopic (exact) mass is 523 g/mol. The first-order valence-corrected chi connectivity index (χ1v) is 12.2. The fraction of sp³-hybridized carbons (Fsp3) is 0.296. The number of urea groups is 1. The van der Waals surface area contributed by atoms with Crippen molar-refractivity contribution in [2.75, 3.05) is 30.5 Å². The van der Waals surface area contributed by atoms with Crippen LogP contribution in [0.1, 0.15) is 35.6 Å². The fourth-order valence-corrected chi connectivity index (χ4v) is 4.52.